The van der Waals surface area contributed by atoms with Crippen LogP contribution < -0.4 is 0 Å². The molecule has 0 heterocycles. The second-order valence-corrected chi connectivity index (χ2v) is 3.01. The van der Waals surface area contributed by atoms with Gasteiger partial charge in [0.2, 0.25) is 0 Å². The minimum atomic E-state index is -4.33. The van der Waals surface area contributed by atoms with E-state index in [1.54, 1.807) is 0 Å². The van der Waals surface area contributed by atoms with E-state index in [1.807, 2.05) is 0 Å². The largest absolute Gasteiger partial charge is 0.411 e. The first-order valence-corrected chi connectivity index (χ1v) is 4.55. The molecule has 0 unspecified atom stereocenters. The van der Waals surface area contributed by atoms with Crippen LogP contribution in [-0.4, -0.2) is 25.2 Å². The van der Waals surface area contributed by atoms with Gasteiger partial charge >= 0.3 is 6.18 Å². The molecule has 0 saturated carbocycles. The normalized spacial score (nSPS) is 11.1. The van der Waals surface area contributed by atoms with Gasteiger partial charge in [-0.3, -0.25) is 4.79 Å². The van der Waals surface area contributed by atoms with Gasteiger partial charge in [-0.2, -0.15) is 13.2 Å². The summed E-state index contributed by atoms with van der Waals surface area (Å²) in [5.41, 5.74) is 0. The molecule has 0 rings (SSSR count). The van der Waals surface area contributed by atoms with Crippen molar-refractivity contribution in [3.05, 3.63) is 0 Å². The number of carbonyl (C=O) groups is 1. The van der Waals surface area contributed by atoms with E-state index in [9.17, 15) is 18.0 Å². The molecule has 0 aliphatic rings. The number of ketones is 1. The van der Waals surface area contributed by atoms with E-state index in [0.717, 1.165) is 0 Å². The monoisotopic (exact) mass is 222 g/mol. The summed E-state index contributed by atoms with van der Waals surface area (Å²) in [4.78, 5) is 11.0. The highest BCUT2D eigenvalue weighted by Gasteiger charge is 2.27. The fourth-order valence-corrected chi connectivity index (χ4v) is 0.887. The number of ether oxygens (including phenoxy) is 1. The molecule has 0 atom stereocenters. The third-order valence-corrected chi connectivity index (χ3v) is 1.57. The lowest BCUT2D eigenvalue weighted by Crippen LogP contribution is -2.18. The van der Waals surface area contributed by atoms with Crippen LogP contribution in [0.4, 0.5) is 13.2 Å². The van der Waals surface area contributed by atoms with Gasteiger partial charge in [-0.1, -0.05) is 0 Å². The van der Waals surface area contributed by atoms with Crippen molar-refractivity contribution in [2.24, 2.45) is 0 Å². The highest BCUT2D eigenvalue weighted by atomic mass is 19.4. The summed E-state index contributed by atoms with van der Waals surface area (Å²) >= 11 is 0. The molecule has 2 nitrogen and oxygen atoms in total. The Balaban J connectivity index is 3.36. The summed E-state index contributed by atoms with van der Waals surface area (Å²) < 4.78 is 39.1. The summed E-state index contributed by atoms with van der Waals surface area (Å²) in [5.74, 6) is 2.26. The minimum Gasteiger partial charge on any atom is -0.372 e. The van der Waals surface area contributed by atoms with Crippen molar-refractivity contribution in [2.45, 2.75) is 31.9 Å². The maximum absolute atomic E-state index is 11.6. The zero-order valence-electron chi connectivity index (χ0n) is 8.27. The molecule has 0 N–H and O–H groups in total. The molecule has 15 heavy (non-hydrogen) atoms. The van der Waals surface area contributed by atoms with Crippen LogP contribution in [0.15, 0.2) is 0 Å². The summed E-state index contributed by atoms with van der Waals surface area (Å²) in [6.07, 6.45) is 2.05. The van der Waals surface area contributed by atoms with Gasteiger partial charge in [0.1, 0.15) is 12.4 Å². The zero-order valence-corrected chi connectivity index (χ0v) is 8.27. The number of unbranched alkanes of at least 4 members (excludes halogenated alkanes) is 1. The number of carbonyl (C=O) groups excluding carboxylic acids is 1. The topological polar surface area (TPSA) is 26.3 Å². The van der Waals surface area contributed by atoms with Gasteiger partial charge in [0.15, 0.2) is 0 Å². The van der Waals surface area contributed by atoms with E-state index in [4.69, 9.17) is 6.42 Å². The molecule has 0 aromatic rings. The SMILES string of the molecule is C#CCCCC(=O)CCOCC(F)(F)F. The second-order valence-electron chi connectivity index (χ2n) is 3.01. The van der Waals surface area contributed by atoms with Crippen LogP contribution in [0.25, 0.3) is 0 Å². The average Bonchev–Trinajstić information content (AvgIpc) is 2.11. The first-order valence-electron chi connectivity index (χ1n) is 4.55. The van der Waals surface area contributed by atoms with Crippen LogP contribution >= 0.6 is 0 Å². The molecule has 0 bridgehead atoms. The van der Waals surface area contributed by atoms with Gasteiger partial charge < -0.3 is 4.74 Å². The van der Waals surface area contributed by atoms with E-state index in [1.165, 1.54) is 0 Å². The molecule has 0 spiro atoms. The van der Waals surface area contributed by atoms with Gasteiger partial charge in [-0.05, 0) is 6.42 Å². The Labute approximate surface area is 86.8 Å². The second kappa shape index (κ2) is 7.30. The Kier molecular flexibility index (Phi) is 6.80. The number of hydrogen-bond donors (Lipinski definition) is 0. The summed E-state index contributed by atoms with van der Waals surface area (Å²) in [6.45, 7) is -1.49. The highest BCUT2D eigenvalue weighted by molar-refractivity contribution is 5.78. The Morgan fingerprint density at radius 3 is 2.53 bits per heavy atom. The quantitative estimate of drug-likeness (QED) is 0.488. The highest BCUT2D eigenvalue weighted by Crippen LogP contribution is 2.14. The van der Waals surface area contributed by atoms with E-state index in [2.05, 4.69) is 10.7 Å². The van der Waals surface area contributed by atoms with Gasteiger partial charge in [-0.25, -0.2) is 0 Å². The fourth-order valence-electron chi connectivity index (χ4n) is 0.887. The third-order valence-electron chi connectivity index (χ3n) is 1.57. The molecule has 0 radical (unpaired) electrons. The van der Waals surface area contributed by atoms with Crippen LogP contribution in [0.5, 0.6) is 0 Å². The Morgan fingerprint density at radius 1 is 1.33 bits per heavy atom. The number of alkyl halides is 3. The van der Waals surface area contributed by atoms with E-state index >= 15 is 0 Å². The molecule has 0 amide bonds. The molecule has 0 fully saturated rings. The number of rotatable bonds is 7. The van der Waals surface area contributed by atoms with Crippen molar-refractivity contribution < 1.29 is 22.7 Å². The van der Waals surface area contributed by atoms with Gasteiger partial charge in [0.05, 0.1) is 6.61 Å². The lowest BCUT2D eigenvalue weighted by atomic mass is 10.1. The van der Waals surface area contributed by atoms with Gasteiger partial charge in [0.25, 0.3) is 0 Å². The first-order chi connectivity index (χ1) is 6.95. The van der Waals surface area contributed by atoms with Crippen molar-refractivity contribution in [3.8, 4) is 12.3 Å². The Hall–Kier alpha value is -1.02. The predicted octanol–water partition coefficient (Wildman–Crippen LogP) is 2.33. The molecule has 0 saturated heterocycles. The van der Waals surface area contributed by atoms with Crippen molar-refractivity contribution in [3.63, 3.8) is 0 Å². The van der Waals surface area contributed by atoms with Crippen molar-refractivity contribution in [1.82, 2.24) is 0 Å². The molecule has 5 heteroatoms. The first kappa shape index (κ1) is 14.0. The van der Waals surface area contributed by atoms with Crippen LogP contribution in [0.1, 0.15) is 25.7 Å². The van der Waals surface area contributed by atoms with Gasteiger partial charge in [-0.15, -0.1) is 12.3 Å². The average molecular weight is 222 g/mol. The molecule has 86 valence electrons. The lowest BCUT2D eigenvalue weighted by molar-refractivity contribution is -0.174. The number of halogens is 3. The maximum atomic E-state index is 11.6. The van der Waals surface area contributed by atoms with E-state index in [-0.39, 0.29) is 18.8 Å². The van der Waals surface area contributed by atoms with Crippen molar-refractivity contribution in [1.29, 1.82) is 0 Å². The number of hydrogen-bond acceptors (Lipinski definition) is 2. The molecular weight excluding hydrogens is 209 g/mol. The Morgan fingerprint density at radius 2 is 2.00 bits per heavy atom. The molecule has 0 aromatic heterocycles. The fraction of sp³-hybridized carbons (Fsp3) is 0.700. The standard InChI is InChI=1S/C10H13F3O2/c1-2-3-4-5-9(14)6-7-15-8-10(11,12)13/h1H,3-8H2. The Bertz CT molecular complexity index is 228. The lowest BCUT2D eigenvalue weighted by Gasteiger charge is -2.06. The predicted molar refractivity (Wildman–Crippen MR) is 49.2 cm³/mol. The van der Waals surface area contributed by atoms with Crippen LogP contribution in [0, 0.1) is 12.3 Å². The number of terminal acetylenes is 1. The van der Waals surface area contributed by atoms with Crippen LogP contribution in [-0.2, 0) is 9.53 Å². The molecular formula is C10H13F3O2. The summed E-state index contributed by atoms with van der Waals surface area (Å²) in [6, 6.07) is 0. The zero-order chi connectivity index (χ0) is 11.7. The van der Waals surface area contributed by atoms with Crippen LogP contribution in [0.2, 0.25) is 0 Å². The van der Waals surface area contributed by atoms with Crippen molar-refractivity contribution >= 4 is 5.78 Å². The molecule has 0 aliphatic carbocycles. The minimum absolute atomic E-state index is 0.0145. The van der Waals surface area contributed by atoms with Gasteiger partial charge in [0, 0.05) is 19.3 Å². The van der Waals surface area contributed by atoms with E-state index < -0.39 is 12.8 Å². The summed E-state index contributed by atoms with van der Waals surface area (Å²) in [7, 11) is 0. The van der Waals surface area contributed by atoms with Crippen molar-refractivity contribution in [2.75, 3.05) is 13.2 Å². The third kappa shape index (κ3) is 10.9. The number of Topliss-reactive ketones (excluding diaryl/α,β-unsaturated/α-hetero) is 1. The smallest absolute Gasteiger partial charge is 0.372 e. The van der Waals surface area contributed by atoms with Crippen LogP contribution in [0.3, 0.4) is 0 Å². The maximum Gasteiger partial charge on any atom is 0.411 e. The van der Waals surface area contributed by atoms with E-state index in [0.29, 0.717) is 19.3 Å². The summed E-state index contributed by atoms with van der Waals surface area (Å²) in [5, 5.41) is 0. The molecule has 0 aromatic carbocycles. The molecule has 0 aliphatic heterocycles.